The van der Waals surface area contributed by atoms with E-state index in [1.165, 1.54) is 51.4 Å². The van der Waals surface area contributed by atoms with Crippen molar-refractivity contribution in [3.8, 4) is 0 Å². The summed E-state index contributed by atoms with van der Waals surface area (Å²) >= 11 is 0. The van der Waals surface area contributed by atoms with Gasteiger partial charge in [0.05, 0.1) is 0 Å². The zero-order chi connectivity index (χ0) is 14.8. The molecule has 0 bridgehead atoms. The molecule has 0 N–H and O–H groups in total. The molecule has 0 heterocycles. The quantitative estimate of drug-likeness (QED) is 0.550. The van der Waals surface area contributed by atoms with E-state index in [9.17, 15) is 4.79 Å². The van der Waals surface area contributed by atoms with E-state index in [1.54, 1.807) is 5.57 Å². The van der Waals surface area contributed by atoms with Gasteiger partial charge in [0.2, 0.25) is 0 Å². The summed E-state index contributed by atoms with van der Waals surface area (Å²) in [5.74, 6) is 3.45. The molecular weight excluding hydrogens is 256 g/mol. The molecule has 3 rings (SSSR count). The minimum atomic E-state index is 0.411. The fourth-order valence-corrected chi connectivity index (χ4v) is 5.20. The lowest BCUT2D eigenvalue weighted by atomic mass is 9.88. The SMILES string of the molecule is CCCCC(=O)[C@H]1CCC2=C(CCC2)[C@@H]2[C@H](CCCC)[C@@H]21. The highest BCUT2D eigenvalue weighted by atomic mass is 16.1. The first-order chi connectivity index (χ1) is 10.3. The molecule has 0 aromatic rings. The van der Waals surface area contributed by atoms with E-state index in [2.05, 4.69) is 13.8 Å². The Balaban J connectivity index is 1.72. The summed E-state index contributed by atoms with van der Waals surface area (Å²) in [5.41, 5.74) is 3.60. The zero-order valence-electron chi connectivity index (χ0n) is 14.0. The summed E-state index contributed by atoms with van der Waals surface area (Å²) in [6.07, 6.45) is 13.6. The Kier molecular flexibility index (Phi) is 4.86. The molecule has 0 aromatic heterocycles. The van der Waals surface area contributed by atoms with Crippen LogP contribution in [0.25, 0.3) is 0 Å². The summed E-state index contributed by atoms with van der Waals surface area (Å²) < 4.78 is 0. The van der Waals surface area contributed by atoms with E-state index in [0.717, 1.165) is 37.0 Å². The second-order valence-corrected chi connectivity index (χ2v) is 7.61. The average Bonchev–Trinajstić information content (AvgIpc) is 3.05. The van der Waals surface area contributed by atoms with Crippen LogP contribution in [0.5, 0.6) is 0 Å². The van der Waals surface area contributed by atoms with Gasteiger partial charge >= 0.3 is 0 Å². The van der Waals surface area contributed by atoms with Crippen LogP contribution in [-0.2, 0) is 4.79 Å². The first kappa shape index (κ1) is 15.3. The van der Waals surface area contributed by atoms with Gasteiger partial charge in [-0.3, -0.25) is 4.79 Å². The van der Waals surface area contributed by atoms with Crippen molar-refractivity contribution in [2.75, 3.05) is 0 Å². The molecule has 1 heteroatoms. The maximum absolute atomic E-state index is 12.7. The summed E-state index contributed by atoms with van der Waals surface area (Å²) in [6, 6.07) is 0. The molecule has 3 aliphatic carbocycles. The van der Waals surface area contributed by atoms with Gasteiger partial charge in [-0.1, -0.05) is 44.3 Å². The number of fused-ring (bicyclic) bond motifs is 2. The van der Waals surface area contributed by atoms with Crippen molar-refractivity contribution in [3.63, 3.8) is 0 Å². The molecule has 1 fully saturated rings. The molecule has 0 aromatic carbocycles. The minimum Gasteiger partial charge on any atom is -0.299 e. The van der Waals surface area contributed by atoms with Gasteiger partial charge in [-0.25, -0.2) is 0 Å². The molecule has 0 amide bonds. The molecule has 0 radical (unpaired) electrons. The Hall–Kier alpha value is -0.590. The third-order valence-electron chi connectivity index (χ3n) is 6.31. The van der Waals surface area contributed by atoms with Crippen molar-refractivity contribution < 1.29 is 4.79 Å². The summed E-state index contributed by atoms with van der Waals surface area (Å²) in [5, 5.41) is 0. The monoisotopic (exact) mass is 288 g/mol. The number of carbonyl (C=O) groups excluding carboxylic acids is 1. The fourth-order valence-electron chi connectivity index (χ4n) is 5.20. The average molecular weight is 288 g/mol. The number of rotatable bonds is 7. The van der Waals surface area contributed by atoms with Crippen LogP contribution in [0, 0.1) is 23.7 Å². The van der Waals surface area contributed by atoms with Gasteiger partial charge < -0.3 is 0 Å². The normalized spacial score (nSPS) is 34.4. The first-order valence-electron chi connectivity index (χ1n) is 9.51. The van der Waals surface area contributed by atoms with E-state index in [4.69, 9.17) is 0 Å². The van der Waals surface area contributed by atoms with Crippen LogP contribution < -0.4 is 0 Å². The Labute approximate surface area is 130 Å². The van der Waals surface area contributed by atoms with Gasteiger partial charge in [0.25, 0.3) is 0 Å². The number of unbranched alkanes of at least 4 members (excludes halogenated alkanes) is 2. The molecule has 118 valence electrons. The summed E-state index contributed by atoms with van der Waals surface area (Å²) in [6.45, 7) is 4.49. The highest BCUT2D eigenvalue weighted by Gasteiger charge is 2.57. The van der Waals surface area contributed by atoms with Crippen molar-refractivity contribution in [1.82, 2.24) is 0 Å². The Bertz CT molecular complexity index is 420. The maximum atomic E-state index is 12.7. The van der Waals surface area contributed by atoms with Crippen LogP contribution in [0.1, 0.15) is 84.5 Å². The number of hydrogen-bond acceptors (Lipinski definition) is 1. The van der Waals surface area contributed by atoms with Gasteiger partial charge in [-0.2, -0.15) is 0 Å². The molecule has 21 heavy (non-hydrogen) atoms. The second-order valence-electron chi connectivity index (χ2n) is 7.61. The van der Waals surface area contributed by atoms with Crippen LogP contribution in [0.3, 0.4) is 0 Å². The molecule has 0 aliphatic heterocycles. The molecule has 0 unspecified atom stereocenters. The summed E-state index contributed by atoms with van der Waals surface area (Å²) in [7, 11) is 0. The zero-order valence-corrected chi connectivity index (χ0v) is 14.0. The Morgan fingerprint density at radius 2 is 1.90 bits per heavy atom. The van der Waals surface area contributed by atoms with Crippen molar-refractivity contribution in [2.45, 2.75) is 84.5 Å². The molecule has 4 atom stereocenters. The van der Waals surface area contributed by atoms with E-state index in [-0.39, 0.29) is 0 Å². The Morgan fingerprint density at radius 1 is 1.10 bits per heavy atom. The third kappa shape index (κ3) is 2.98. The van der Waals surface area contributed by atoms with Crippen LogP contribution in [0.4, 0.5) is 0 Å². The lowest BCUT2D eigenvalue weighted by molar-refractivity contribution is -0.124. The second kappa shape index (κ2) is 6.67. The van der Waals surface area contributed by atoms with Crippen molar-refractivity contribution in [3.05, 3.63) is 11.1 Å². The fraction of sp³-hybridized carbons (Fsp3) is 0.850. The topological polar surface area (TPSA) is 17.1 Å². The molecule has 1 saturated carbocycles. The molecule has 3 aliphatic rings. The smallest absolute Gasteiger partial charge is 0.136 e. The highest BCUT2D eigenvalue weighted by Crippen LogP contribution is 2.63. The first-order valence-corrected chi connectivity index (χ1v) is 9.51. The van der Waals surface area contributed by atoms with E-state index < -0.39 is 0 Å². The molecule has 1 nitrogen and oxygen atoms in total. The standard InChI is InChI=1S/C20H32O/c1-3-5-9-17-19-15-10-7-8-14(15)12-13-16(20(17)19)18(21)11-6-4-2/h16-17,19-20H,3-13H2,1-2H3/t16-,17+,19-,20+/m1/s1. The van der Waals surface area contributed by atoms with Gasteiger partial charge in [0.1, 0.15) is 5.78 Å². The van der Waals surface area contributed by atoms with Gasteiger partial charge in [-0.15, -0.1) is 0 Å². The minimum absolute atomic E-state index is 0.411. The van der Waals surface area contributed by atoms with Gasteiger partial charge in [0, 0.05) is 12.3 Å². The third-order valence-corrected chi connectivity index (χ3v) is 6.31. The number of carbonyl (C=O) groups is 1. The number of allylic oxidation sites excluding steroid dienone is 2. The van der Waals surface area contributed by atoms with E-state index in [0.29, 0.717) is 11.7 Å². The maximum Gasteiger partial charge on any atom is 0.136 e. The van der Waals surface area contributed by atoms with Crippen molar-refractivity contribution in [1.29, 1.82) is 0 Å². The van der Waals surface area contributed by atoms with Gasteiger partial charge in [0.15, 0.2) is 0 Å². The number of ketones is 1. The van der Waals surface area contributed by atoms with Crippen molar-refractivity contribution >= 4 is 5.78 Å². The molecule has 0 spiro atoms. The lowest BCUT2D eigenvalue weighted by Gasteiger charge is -2.15. The van der Waals surface area contributed by atoms with Crippen molar-refractivity contribution in [2.24, 2.45) is 23.7 Å². The van der Waals surface area contributed by atoms with Crippen LogP contribution >= 0.6 is 0 Å². The molecule has 0 saturated heterocycles. The van der Waals surface area contributed by atoms with Crippen LogP contribution in [0.2, 0.25) is 0 Å². The number of hydrogen-bond donors (Lipinski definition) is 0. The highest BCUT2D eigenvalue weighted by molar-refractivity contribution is 5.82. The summed E-state index contributed by atoms with van der Waals surface area (Å²) in [4.78, 5) is 12.7. The van der Waals surface area contributed by atoms with E-state index in [1.807, 2.05) is 5.57 Å². The predicted octanol–water partition coefficient (Wildman–Crippen LogP) is 5.69. The van der Waals surface area contributed by atoms with E-state index >= 15 is 0 Å². The largest absolute Gasteiger partial charge is 0.299 e. The van der Waals surface area contributed by atoms with Gasteiger partial charge in [-0.05, 0) is 62.7 Å². The Morgan fingerprint density at radius 3 is 2.67 bits per heavy atom. The lowest BCUT2D eigenvalue weighted by Crippen LogP contribution is -2.18. The number of Topliss-reactive ketones (excluding diaryl/α,β-unsaturated/α-hetero) is 1. The predicted molar refractivity (Wildman–Crippen MR) is 88.1 cm³/mol. The molecular formula is C20H32O. The van der Waals surface area contributed by atoms with Crippen LogP contribution in [0.15, 0.2) is 11.1 Å². The van der Waals surface area contributed by atoms with Crippen LogP contribution in [-0.4, -0.2) is 5.78 Å².